The highest BCUT2D eigenvalue weighted by Crippen LogP contribution is 2.31. The second kappa shape index (κ2) is 19.7. The van der Waals surface area contributed by atoms with Crippen molar-refractivity contribution in [3.63, 3.8) is 0 Å². The van der Waals surface area contributed by atoms with E-state index >= 15 is 0 Å². The van der Waals surface area contributed by atoms with Gasteiger partial charge in [-0.05, 0) is 87.8 Å². The van der Waals surface area contributed by atoms with Crippen LogP contribution in [0.1, 0.15) is 65.8 Å². The summed E-state index contributed by atoms with van der Waals surface area (Å²) in [6.07, 6.45) is 7.27. The maximum absolute atomic E-state index is 12.6. The van der Waals surface area contributed by atoms with E-state index in [2.05, 4.69) is 70.3 Å². The van der Waals surface area contributed by atoms with Gasteiger partial charge in [0, 0.05) is 63.6 Å². The van der Waals surface area contributed by atoms with Gasteiger partial charge in [0.2, 0.25) is 0 Å². The molecular weight excluding hydrogens is 737 g/mol. The molecule has 0 aliphatic carbocycles. The standard InChI is InChI=1S/C21H29N5O2S.C18H23N5O2S/c1-16-5-6-18(19(13-16)26-7-3-2-4-8-26)23-20(27)24-21-22-17(15-29-21)14-25-9-11-28-12-10-25;1-12-6-7-13(15(10-12)23-8-4-3-5-9-23)20-17(25)22-18-21-14(11-26-18)16(24)19-2/h5-6,13,15H,2-4,7-12,14H2,1H3,(H2,22,23,24,27);6-7,10-11H,3-5,8-9H2,1-2H3,(H,19,24)(H2,20,21,22,25). The smallest absolute Gasteiger partial charge is 0.325 e. The Hall–Kier alpha value is -4.77. The van der Waals surface area contributed by atoms with Crippen molar-refractivity contribution in [3.8, 4) is 0 Å². The molecule has 5 amide bonds. The number of carbonyl (C=O) groups is 3. The molecule has 2 aromatic heterocycles. The first kappa shape index (κ1) is 39.9. The minimum absolute atomic E-state index is 0.251. The summed E-state index contributed by atoms with van der Waals surface area (Å²) in [5.41, 5.74) is 7.40. The van der Waals surface area contributed by atoms with E-state index in [0.717, 1.165) is 93.0 Å². The molecule has 3 aliphatic heterocycles. The number of amides is 5. The summed E-state index contributed by atoms with van der Waals surface area (Å²) in [7, 11) is 1.54. The van der Waals surface area contributed by atoms with Crippen LogP contribution in [0.2, 0.25) is 0 Å². The van der Waals surface area contributed by atoms with Crippen LogP contribution < -0.4 is 36.4 Å². The van der Waals surface area contributed by atoms with E-state index in [9.17, 15) is 14.4 Å². The van der Waals surface area contributed by atoms with Gasteiger partial charge in [-0.2, -0.15) is 0 Å². The third-order valence-corrected chi connectivity index (χ3v) is 11.2. The number of morpholine rings is 1. The Morgan fingerprint density at radius 2 is 1.18 bits per heavy atom. The number of carbonyl (C=O) groups excluding carboxylic acids is 3. The van der Waals surface area contributed by atoms with E-state index in [4.69, 9.17) is 4.74 Å². The second-order valence-corrected chi connectivity index (χ2v) is 15.7. The Morgan fingerprint density at radius 1 is 0.673 bits per heavy atom. The molecule has 0 saturated carbocycles. The first-order chi connectivity index (χ1) is 26.7. The molecule has 14 nitrogen and oxygen atoms in total. The van der Waals surface area contributed by atoms with Crippen molar-refractivity contribution in [1.29, 1.82) is 0 Å². The second-order valence-electron chi connectivity index (χ2n) is 13.9. The monoisotopic (exact) mass is 788 g/mol. The lowest BCUT2D eigenvalue weighted by Gasteiger charge is -2.30. The number of anilines is 6. The van der Waals surface area contributed by atoms with Crippen LogP contribution in [0, 0.1) is 13.8 Å². The minimum atomic E-state index is -0.370. The SMILES string of the molecule is CNC(=O)c1csc(NC(=O)Nc2ccc(C)cc2N2CCCCC2)n1.Cc1ccc(NC(=O)Nc2nc(CN3CCOCC3)cs2)c(N2CCCCC2)c1. The highest BCUT2D eigenvalue weighted by Gasteiger charge is 2.19. The van der Waals surface area contributed by atoms with Gasteiger partial charge in [0.15, 0.2) is 10.3 Å². The van der Waals surface area contributed by atoms with E-state index in [1.807, 2.05) is 36.6 Å². The van der Waals surface area contributed by atoms with Gasteiger partial charge < -0.3 is 30.5 Å². The molecule has 7 rings (SSSR count). The summed E-state index contributed by atoms with van der Waals surface area (Å²) in [4.78, 5) is 52.2. The fourth-order valence-corrected chi connectivity index (χ4v) is 8.16. The predicted octanol–water partition coefficient (Wildman–Crippen LogP) is 7.36. The summed E-state index contributed by atoms with van der Waals surface area (Å²) in [6, 6.07) is 11.6. The molecule has 0 radical (unpaired) electrons. The molecule has 4 aromatic rings. The molecule has 3 saturated heterocycles. The predicted molar refractivity (Wildman–Crippen MR) is 223 cm³/mol. The van der Waals surface area contributed by atoms with Crippen LogP contribution in [0.4, 0.5) is 42.6 Å². The Labute approximate surface area is 331 Å². The number of aryl methyl sites for hydroxylation is 2. The summed E-state index contributed by atoms with van der Waals surface area (Å²) in [5.74, 6) is -0.277. The number of benzene rings is 2. The number of hydrogen-bond acceptors (Lipinski definition) is 11. The molecule has 0 atom stereocenters. The van der Waals surface area contributed by atoms with E-state index in [1.54, 1.807) is 12.4 Å². The molecule has 5 N–H and O–H groups in total. The van der Waals surface area contributed by atoms with Crippen molar-refractivity contribution < 1.29 is 19.1 Å². The van der Waals surface area contributed by atoms with Crippen LogP contribution in [0.25, 0.3) is 0 Å². The Bertz CT molecular complexity index is 1900. The van der Waals surface area contributed by atoms with Crippen LogP contribution in [-0.2, 0) is 11.3 Å². The van der Waals surface area contributed by atoms with Crippen LogP contribution in [0.5, 0.6) is 0 Å². The van der Waals surface area contributed by atoms with Crippen molar-refractivity contribution in [2.45, 2.75) is 58.9 Å². The molecule has 294 valence electrons. The van der Waals surface area contributed by atoms with Crippen molar-refractivity contribution in [2.75, 3.05) is 90.6 Å². The number of piperidine rings is 2. The maximum atomic E-state index is 12.6. The van der Waals surface area contributed by atoms with Crippen LogP contribution >= 0.6 is 22.7 Å². The number of nitrogens with zero attached hydrogens (tertiary/aromatic N) is 5. The topological polar surface area (TPSA) is 156 Å². The number of nitrogens with one attached hydrogen (secondary N) is 5. The Balaban J connectivity index is 0.000000188. The van der Waals surface area contributed by atoms with Crippen molar-refractivity contribution in [3.05, 3.63) is 69.7 Å². The number of ether oxygens (including phenoxy) is 1. The largest absolute Gasteiger partial charge is 0.379 e. The van der Waals surface area contributed by atoms with Gasteiger partial charge in [0.05, 0.1) is 41.7 Å². The molecular formula is C39H52N10O4S2. The van der Waals surface area contributed by atoms with Gasteiger partial charge in [-0.1, -0.05) is 12.1 Å². The fourth-order valence-electron chi connectivity index (χ4n) is 6.78. The fraction of sp³-hybridized carbons (Fsp3) is 0.462. The molecule has 3 aliphatic rings. The van der Waals surface area contributed by atoms with Crippen molar-refractivity contribution in [1.82, 2.24) is 20.2 Å². The van der Waals surface area contributed by atoms with Gasteiger partial charge in [0.1, 0.15) is 5.69 Å². The minimum Gasteiger partial charge on any atom is -0.379 e. The zero-order chi connectivity index (χ0) is 38.6. The molecule has 55 heavy (non-hydrogen) atoms. The lowest BCUT2D eigenvalue weighted by Crippen LogP contribution is -2.35. The molecule has 3 fully saturated rings. The lowest BCUT2D eigenvalue weighted by molar-refractivity contribution is 0.0337. The van der Waals surface area contributed by atoms with Crippen molar-refractivity contribution in [2.24, 2.45) is 0 Å². The number of rotatable bonds is 9. The van der Waals surface area contributed by atoms with E-state index < -0.39 is 0 Å². The maximum Gasteiger partial charge on any atom is 0.325 e. The van der Waals surface area contributed by atoms with Gasteiger partial charge in [-0.3, -0.25) is 20.3 Å². The van der Waals surface area contributed by atoms with Crippen molar-refractivity contribution >= 4 is 73.7 Å². The molecule has 0 unspecified atom stereocenters. The van der Waals surface area contributed by atoms with E-state index in [-0.39, 0.29) is 23.7 Å². The normalized spacial score (nSPS) is 16.1. The van der Waals surface area contributed by atoms with Crippen LogP contribution in [-0.4, -0.2) is 92.4 Å². The average Bonchev–Trinajstić information content (AvgIpc) is 3.86. The summed E-state index contributed by atoms with van der Waals surface area (Å²) in [5, 5.41) is 18.6. The number of aromatic nitrogens is 2. The molecule has 0 bridgehead atoms. The van der Waals surface area contributed by atoms with Gasteiger partial charge in [-0.25, -0.2) is 19.6 Å². The third kappa shape index (κ3) is 11.6. The van der Waals surface area contributed by atoms with Gasteiger partial charge in [0.25, 0.3) is 5.91 Å². The first-order valence-corrected chi connectivity index (χ1v) is 20.8. The highest BCUT2D eigenvalue weighted by atomic mass is 32.1. The first-order valence-electron chi connectivity index (χ1n) is 19.0. The molecule has 0 spiro atoms. The number of urea groups is 2. The number of hydrogen-bond donors (Lipinski definition) is 5. The molecule has 16 heteroatoms. The van der Waals surface area contributed by atoms with Crippen LogP contribution in [0.3, 0.4) is 0 Å². The zero-order valence-corrected chi connectivity index (χ0v) is 33.5. The zero-order valence-electron chi connectivity index (χ0n) is 31.9. The Morgan fingerprint density at radius 3 is 1.71 bits per heavy atom. The number of thiazole rings is 2. The third-order valence-electron chi connectivity index (χ3n) is 9.64. The van der Waals surface area contributed by atoms with E-state index in [0.29, 0.717) is 10.3 Å². The molecule has 5 heterocycles. The average molecular weight is 789 g/mol. The van der Waals surface area contributed by atoms with Crippen LogP contribution in [0.15, 0.2) is 47.2 Å². The molecule has 2 aromatic carbocycles. The Kier molecular flexibility index (Phi) is 14.3. The summed E-state index contributed by atoms with van der Waals surface area (Å²) in [6.45, 7) is 12.4. The summed E-state index contributed by atoms with van der Waals surface area (Å²) < 4.78 is 5.38. The lowest BCUT2D eigenvalue weighted by atomic mass is 10.1. The van der Waals surface area contributed by atoms with Gasteiger partial charge in [-0.15, -0.1) is 22.7 Å². The van der Waals surface area contributed by atoms with Gasteiger partial charge >= 0.3 is 12.1 Å². The summed E-state index contributed by atoms with van der Waals surface area (Å²) >= 11 is 2.67. The van der Waals surface area contributed by atoms with E-state index in [1.165, 1.54) is 66.8 Å². The highest BCUT2D eigenvalue weighted by molar-refractivity contribution is 7.14. The quantitative estimate of drug-likeness (QED) is 0.117.